The van der Waals surface area contributed by atoms with E-state index in [9.17, 15) is 26.7 Å². The SMILES string of the molecule is Cc1ccc(S(=O)(=O)N2C[C@@H](O)C[C@@H]2C(=O)OCc2cccc(S(=O)(=O)N(C)C)c2)cc1C. The van der Waals surface area contributed by atoms with E-state index >= 15 is 0 Å². The van der Waals surface area contributed by atoms with Crippen LogP contribution < -0.4 is 0 Å². The fraction of sp³-hybridized carbons (Fsp3) is 0.409. The summed E-state index contributed by atoms with van der Waals surface area (Å²) in [7, 11) is -4.86. The maximum Gasteiger partial charge on any atom is 0.324 e. The van der Waals surface area contributed by atoms with Crippen LogP contribution in [0.3, 0.4) is 0 Å². The van der Waals surface area contributed by atoms with Crippen molar-refractivity contribution in [1.29, 1.82) is 0 Å². The number of carbonyl (C=O) groups excluding carboxylic acids is 1. The van der Waals surface area contributed by atoms with Crippen molar-refractivity contribution in [2.75, 3.05) is 20.6 Å². The Bertz CT molecular complexity index is 1260. The van der Waals surface area contributed by atoms with E-state index in [2.05, 4.69) is 0 Å². The zero-order chi connectivity index (χ0) is 24.6. The van der Waals surface area contributed by atoms with Crippen molar-refractivity contribution in [3.8, 4) is 0 Å². The molecule has 1 heterocycles. The molecular weight excluding hydrogens is 468 g/mol. The summed E-state index contributed by atoms with van der Waals surface area (Å²) in [6.45, 7) is 3.21. The van der Waals surface area contributed by atoms with E-state index in [0.717, 1.165) is 19.7 Å². The van der Waals surface area contributed by atoms with Gasteiger partial charge in [0, 0.05) is 27.1 Å². The normalized spacial score (nSPS) is 19.7. The maximum atomic E-state index is 13.2. The Morgan fingerprint density at radius 1 is 1.06 bits per heavy atom. The molecule has 0 spiro atoms. The first kappa shape index (κ1) is 25.3. The highest BCUT2D eigenvalue weighted by Crippen LogP contribution is 2.28. The molecule has 1 N–H and O–H groups in total. The number of esters is 1. The van der Waals surface area contributed by atoms with Crippen molar-refractivity contribution in [3.63, 3.8) is 0 Å². The van der Waals surface area contributed by atoms with Crippen LogP contribution in [0, 0.1) is 13.8 Å². The van der Waals surface area contributed by atoms with Crippen LogP contribution in [-0.2, 0) is 36.2 Å². The van der Waals surface area contributed by atoms with Gasteiger partial charge < -0.3 is 9.84 Å². The molecule has 1 saturated heterocycles. The number of sulfonamides is 2. The average molecular weight is 497 g/mol. The van der Waals surface area contributed by atoms with Gasteiger partial charge in [-0.3, -0.25) is 4.79 Å². The minimum Gasteiger partial charge on any atom is -0.460 e. The predicted molar refractivity (Wildman–Crippen MR) is 121 cm³/mol. The zero-order valence-electron chi connectivity index (χ0n) is 18.9. The number of carbonyl (C=O) groups is 1. The predicted octanol–water partition coefficient (Wildman–Crippen LogP) is 1.42. The summed E-state index contributed by atoms with van der Waals surface area (Å²) in [5.74, 6) is -0.806. The number of aryl methyl sites for hydroxylation is 2. The topological polar surface area (TPSA) is 121 Å². The second-order valence-electron chi connectivity index (χ2n) is 8.27. The molecule has 2 atom stereocenters. The van der Waals surface area contributed by atoms with Crippen molar-refractivity contribution in [3.05, 3.63) is 59.2 Å². The van der Waals surface area contributed by atoms with Gasteiger partial charge in [0.1, 0.15) is 12.6 Å². The highest BCUT2D eigenvalue weighted by atomic mass is 32.2. The Morgan fingerprint density at radius 2 is 1.76 bits per heavy atom. The number of aliphatic hydroxyl groups excluding tert-OH is 1. The minimum absolute atomic E-state index is 0.0408. The third-order valence-corrected chi connectivity index (χ3v) is 9.33. The molecular formula is C22H28N2O7S2. The third kappa shape index (κ3) is 5.28. The van der Waals surface area contributed by atoms with E-state index in [-0.39, 0.29) is 29.4 Å². The van der Waals surface area contributed by atoms with Crippen molar-refractivity contribution in [1.82, 2.24) is 8.61 Å². The highest BCUT2D eigenvalue weighted by Gasteiger charge is 2.44. The van der Waals surface area contributed by atoms with Crippen LogP contribution in [0.5, 0.6) is 0 Å². The monoisotopic (exact) mass is 496 g/mol. The van der Waals surface area contributed by atoms with Gasteiger partial charge in [0.2, 0.25) is 20.0 Å². The molecule has 0 saturated carbocycles. The number of hydrogen-bond donors (Lipinski definition) is 1. The van der Waals surface area contributed by atoms with Gasteiger partial charge in [0.05, 0.1) is 15.9 Å². The molecule has 33 heavy (non-hydrogen) atoms. The van der Waals surface area contributed by atoms with Crippen LogP contribution in [0.4, 0.5) is 0 Å². The summed E-state index contributed by atoms with van der Waals surface area (Å²) < 4.78 is 58.4. The fourth-order valence-corrected chi connectivity index (χ4v) is 6.22. The van der Waals surface area contributed by atoms with Crippen LogP contribution in [0.1, 0.15) is 23.1 Å². The molecule has 9 nitrogen and oxygen atoms in total. The fourth-order valence-electron chi connectivity index (χ4n) is 3.53. The van der Waals surface area contributed by atoms with Crippen LogP contribution in [-0.4, -0.2) is 69.3 Å². The van der Waals surface area contributed by atoms with Crippen molar-refractivity contribution < 1.29 is 31.5 Å². The second kappa shape index (κ2) is 9.51. The molecule has 180 valence electrons. The third-order valence-electron chi connectivity index (χ3n) is 5.65. The Labute approximate surface area is 194 Å². The smallest absolute Gasteiger partial charge is 0.324 e. The van der Waals surface area contributed by atoms with E-state index in [4.69, 9.17) is 4.74 Å². The van der Waals surface area contributed by atoms with Crippen molar-refractivity contribution in [2.24, 2.45) is 0 Å². The van der Waals surface area contributed by atoms with Gasteiger partial charge in [0.15, 0.2) is 0 Å². The molecule has 1 aliphatic rings. The lowest BCUT2D eigenvalue weighted by Gasteiger charge is -2.23. The Morgan fingerprint density at radius 3 is 2.39 bits per heavy atom. The largest absolute Gasteiger partial charge is 0.460 e. The van der Waals surface area contributed by atoms with Gasteiger partial charge in [-0.15, -0.1) is 0 Å². The van der Waals surface area contributed by atoms with E-state index in [1.807, 2.05) is 6.92 Å². The first-order chi connectivity index (χ1) is 15.3. The van der Waals surface area contributed by atoms with E-state index in [1.165, 1.54) is 44.4 Å². The average Bonchev–Trinajstić information content (AvgIpc) is 3.16. The van der Waals surface area contributed by atoms with Crippen molar-refractivity contribution in [2.45, 2.75) is 48.8 Å². The lowest BCUT2D eigenvalue weighted by molar-refractivity contribution is -0.148. The van der Waals surface area contributed by atoms with E-state index in [0.29, 0.717) is 5.56 Å². The summed E-state index contributed by atoms with van der Waals surface area (Å²) in [4.78, 5) is 12.9. The summed E-state index contributed by atoms with van der Waals surface area (Å²) in [6, 6.07) is 9.50. The zero-order valence-corrected chi connectivity index (χ0v) is 20.6. The minimum atomic E-state index is -4.04. The number of nitrogens with zero attached hydrogens (tertiary/aromatic N) is 2. The maximum absolute atomic E-state index is 13.2. The molecule has 11 heteroatoms. The molecule has 0 amide bonds. The standard InChI is InChI=1S/C22H28N2O7S2/c1-15-8-9-20(10-16(15)2)33(29,30)24-13-18(25)12-21(24)22(26)31-14-17-6-5-7-19(11-17)32(27,28)23(3)4/h5-11,18,21,25H,12-14H2,1-4H3/t18-,21+/m0/s1. The number of aliphatic hydroxyl groups is 1. The number of benzene rings is 2. The number of hydrogen-bond acceptors (Lipinski definition) is 7. The van der Waals surface area contributed by atoms with Crippen LogP contribution >= 0.6 is 0 Å². The number of rotatable bonds is 7. The summed E-state index contributed by atoms with van der Waals surface area (Å²) in [5.41, 5.74) is 2.17. The van der Waals surface area contributed by atoms with Gasteiger partial charge in [-0.2, -0.15) is 4.31 Å². The summed E-state index contributed by atoms with van der Waals surface area (Å²) in [5, 5.41) is 10.1. The van der Waals surface area contributed by atoms with Gasteiger partial charge in [-0.1, -0.05) is 18.2 Å². The molecule has 0 bridgehead atoms. The van der Waals surface area contributed by atoms with Gasteiger partial charge in [0.25, 0.3) is 0 Å². The summed E-state index contributed by atoms with van der Waals surface area (Å²) >= 11 is 0. The van der Waals surface area contributed by atoms with Gasteiger partial charge in [-0.05, 0) is 54.8 Å². The molecule has 0 aromatic heterocycles. The molecule has 0 aliphatic carbocycles. The first-order valence-corrected chi connectivity index (χ1v) is 13.2. The van der Waals surface area contributed by atoms with Crippen LogP contribution in [0.15, 0.2) is 52.3 Å². The molecule has 1 fully saturated rings. The molecule has 1 aliphatic heterocycles. The Kier molecular flexibility index (Phi) is 7.30. The first-order valence-electron chi connectivity index (χ1n) is 10.3. The molecule has 3 rings (SSSR count). The molecule has 2 aromatic rings. The van der Waals surface area contributed by atoms with Gasteiger partial charge in [-0.25, -0.2) is 21.1 Å². The molecule has 2 aromatic carbocycles. The number of β-amino-alcohol motifs (C(OH)–C–C–N with tert-alkyl or cyclic N) is 1. The second-order valence-corrected chi connectivity index (χ2v) is 12.3. The Balaban J connectivity index is 1.78. The van der Waals surface area contributed by atoms with Gasteiger partial charge >= 0.3 is 5.97 Å². The molecule has 0 unspecified atom stereocenters. The summed E-state index contributed by atoms with van der Waals surface area (Å²) in [6.07, 6.45) is -1.09. The van der Waals surface area contributed by atoms with E-state index < -0.39 is 38.2 Å². The lowest BCUT2D eigenvalue weighted by Crippen LogP contribution is -2.41. The van der Waals surface area contributed by atoms with E-state index in [1.54, 1.807) is 19.1 Å². The Hall–Kier alpha value is -2.31. The van der Waals surface area contributed by atoms with Crippen LogP contribution in [0.2, 0.25) is 0 Å². The quantitative estimate of drug-likeness (QED) is 0.576. The highest BCUT2D eigenvalue weighted by molar-refractivity contribution is 7.89. The van der Waals surface area contributed by atoms with Crippen molar-refractivity contribution >= 4 is 26.0 Å². The molecule has 0 radical (unpaired) electrons. The lowest BCUT2D eigenvalue weighted by atomic mass is 10.1. The van der Waals surface area contributed by atoms with Crippen LogP contribution in [0.25, 0.3) is 0 Å². The number of ether oxygens (including phenoxy) is 1.